The maximum Gasteiger partial charge on any atom is 0.164 e. The van der Waals surface area contributed by atoms with Crippen LogP contribution >= 0.6 is 0 Å². The fraction of sp³-hybridized carbons (Fsp3) is 1.00. The van der Waals surface area contributed by atoms with Gasteiger partial charge in [0.05, 0.1) is 0 Å². The summed E-state index contributed by atoms with van der Waals surface area (Å²) in [5, 5.41) is 0. The minimum atomic E-state index is -0.380. The third-order valence-electron chi connectivity index (χ3n) is 2.28. The highest BCUT2D eigenvalue weighted by atomic mass is 16.7. The molecular formula is C10H22O2. The number of rotatable bonds is 6. The monoisotopic (exact) mass is 174 g/mol. The Bertz CT molecular complexity index is 106. The second kappa shape index (κ2) is 5.55. The molecule has 0 amide bonds. The Hall–Kier alpha value is -0.0800. The predicted octanol–water partition coefficient (Wildman–Crippen LogP) is 2.82. The van der Waals surface area contributed by atoms with Gasteiger partial charge in [0.1, 0.15) is 0 Å². The second-order valence-corrected chi connectivity index (χ2v) is 3.83. The van der Waals surface area contributed by atoms with Crippen molar-refractivity contribution in [3.63, 3.8) is 0 Å². The Morgan fingerprint density at radius 2 is 1.67 bits per heavy atom. The van der Waals surface area contributed by atoms with Crippen LogP contribution in [0, 0.1) is 5.92 Å². The standard InChI is InChI=1S/C10H22O2/c1-9(2)7-6-8-10(3,11-4)12-5/h9H,6-8H2,1-5H3. The van der Waals surface area contributed by atoms with Gasteiger partial charge in [0, 0.05) is 20.6 Å². The lowest BCUT2D eigenvalue weighted by Crippen LogP contribution is -2.29. The van der Waals surface area contributed by atoms with Gasteiger partial charge in [-0.3, -0.25) is 0 Å². The summed E-state index contributed by atoms with van der Waals surface area (Å²) in [6.45, 7) is 6.45. The van der Waals surface area contributed by atoms with Crippen LogP contribution in [0.4, 0.5) is 0 Å². The topological polar surface area (TPSA) is 18.5 Å². The zero-order valence-corrected chi connectivity index (χ0v) is 9.02. The lowest BCUT2D eigenvalue weighted by Gasteiger charge is -2.26. The normalized spacial score (nSPS) is 12.5. The first-order valence-corrected chi connectivity index (χ1v) is 4.64. The first-order chi connectivity index (χ1) is 5.54. The number of ether oxygens (including phenoxy) is 2. The number of hydrogen-bond donors (Lipinski definition) is 0. The Labute approximate surface area is 76.3 Å². The van der Waals surface area contributed by atoms with Crippen molar-refractivity contribution in [1.82, 2.24) is 0 Å². The van der Waals surface area contributed by atoms with E-state index in [-0.39, 0.29) is 5.79 Å². The summed E-state index contributed by atoms with van der Waals surface area (Å²) >= 11 is 0. The first-order valence-electron chi connectivity index (χ1n) is 4.64. The third kappa shape index (κ3) is 4.73. The summed E-state index contributed by atoms with van der Waals surface area (Å²) in [6, 6.07) is 0. The van der Waals surface area contributed by atoms with Crippen LogP contribution < -0.4 is 0 Å². The fourth-order valence-corrected chi connectivity index (χ4v) is 1.12. The van der Waals surface area contributed by atoms with Crippen LogP contribution in [-0.4, -0.2) is 20.0 Å². The van der Waals surface area contributed by atoms with Gasteiger partial charge >= 0.3 is 0 Å². The molecule has 0 aromatic heterocycles. The highest BCUT2D eigenvalue weighted by Gasteiger charge is 2.21. The van der Waals surface area contributed by atoms with E-state index in [0.29, 0.717) is 0 Å². The molecule has 0 atom stereocenters. The summed E-state index contributed by atoms with van der Waals surface area (Å²) in [7, 11) is 3.39. The van der Waals surface area contributed by atoms with Crippen LogP contribution in [0.25, 0.3) is 0 Å². The zero-order valence-electron chi connectivity index (χ0n) is 9.02. The zero-order chi connectivity index (χ0) is 9.61. The van der Waals surface area contributed by atoms with Crippen LogP contribution in [0.3, 0.4) is 0 Å². The molecule has 74 valence electrons. The van der Waals surface area contributed by atoms with E-state index in [4.69, 9.17) is 9.47 Å². The van der Waals surface area contributed by atoms with Crippen LogP contribution in [-0.2, 0) is 9.47 Å². The first kappa shape index (κ1) is 11.9. The van der Waals surface area contributed by atoms with Crippen molar-refractivity contribution < 1.29 is 9.47 Å². The maximum atomic E-state index is 5.25. The molecule has 2 heteroatoms. The van der Waals surface area contributed by atoms with Gasteiger partial charge in [-0.1, -0.05) is 20.3 Å². The van der Waals surface area contributed by atoms with E-state index in [0.717, 1.165) is 18.8 Å². The molecule has 0 aliphatic carbocycles. The van der Waals surface area contributed by atoms with E-state index < -0.39 is 0 Å². The van der Waals surface area contributed by atoms with E-state index in [1.54, 1.807) is 14.2 Å². The molecule has 0 aromatic carbocycles. The Morgan fingerprint density at radius 3 is 2.00 bits per heavy atom. The third-order valence-corrected chi connectivity index (χ3v) is 2.28. The van der Waals surface area contributed by atoms with Gasteiger partial charge in [-0.2, -0.15) is 0 Å². The molecule has 0 aromatic rings. The van der Waals surface area contributed by atoms with Crippen LogP contribution in [0.5, 0.6) is 0 Å². The average Bonchev–Trinajstić information content (AvgIpc) is 2.03. The molecule has 0 radical (unpaired) electrons. The van der Waals surface area contributed by atoms with Crippen molar-refractivity contribution in [3.05, 3.63) is 0 Å². The van der Waals surface area contributed by atoms with Crippen molar-refractivity contribution in [2.75, 3.05) is 14.2 Å². The minimum Gasteiger partial charge on any atom is -0.353 e. The molecule has 2 nitrogen and oxygen atoms in total. The Kier molecular flexibility index (Phi) is 5.51. The molecule has 12 heavy (non-hydrogen) atoms. The van der Waals surface area contributed by atoms with Crippen molar-refractivity contribution in [3.8, 4) is 0 Å². The van der Waals surface area contributed by atoms with Crippen LogP contribution in [0.1, 0.15) is 40.0 Å². The molecule has 0 spiro atoms. The average molecular weight is 174 g/mol. The minimum absolute atomic E-state index is 0.380. The maximum absolute atomic E-state index is 5.25. The van der Waals surface area contributed by atoms with Gasteiger partial charge in [0.15, 0.2) is 5.79 Å². The van der Waals surface area contributed by atoms with Gasteiger partial charge in [-0.15, -0.1) is 0 Å². The van der Waals surface area contributed by atoms with E-state index in [9.17, 15) is 0 Å². The summed E-state index contributed by atoms with van der Waals surface area (Å²) < 4.78 is 10.5. The van der Waals surface area contributed by atoms with E-state index >= 15 is 0 Å². The highest BCUT2D eigenvalue weighted by Crippen LogP contribution is 2.19. The van der Waals surface area contributed by atoms with Crippen LogP contribution in [0.2, 0.25) is 0 Å². The van der Waals surface area contributed by atoms with Gasteiger partial charge in [-0.05, 0) is 19.3 Å². The fourth-order valence-electron chi connectivity index (χ4n) is 1.12. The molecule has 0 rings (SSSR count). The smallest absolute Gasteiger partial charge is 0.164 e. The summed E-state index contributed by atoms with van der Waals surface area (Å²) in [4.78, 5) is 0. The van der Waals surface area contributed by atoms with Gasteiger partial charge in [0.2, 0.25) is 0 Å². The van der Waals surface area contributed by atoms with Crippen molar-refractivity contribution >= 4 is 0 Å². The van der Waals surface area contributed by atoms with E-state index in [1.165, 1.54) is 6.42 Å². The van der Waals surface area contributed by atoms with Crippen molar-refractivity contribution in [1.29, 1.82) is 0 Å². The molecule has 0 aliphatic rings. The number of hydrogen-bond acceptors (Lipinski definition) is 2. The molecule has 0 unspecified atom stereocenters. The van der Waals surface area contributed by atoms with Gasteiger partial charge in [0.25, 0.3) is 0 Å². The molecule has 0 N–H and O–H groups in total. The lowest BCUT2D eigenvalue weighted by atomic mass is 10.0. The lowest BCUT2D eigenvalue weighted by molar-refractivity contribution is -0.198. The molecule has 0 heterocycles. The summed E-state index contributed by atoms with van der Waals surface area (Å²) in [5.41, 5.74) is 0. The Balaban J connectivity index is 3.58. The quantitative estimate of drug-likeness (QED) is 0.576. The molecule has 0 bridgehead atoms. The Morgan fingerprint density at radius 1 is 1.17 bits per heavy atom. The van der Waals surface area contributed by atoms with Crippen molar-refractivity contribution in [2.45, 2.75) is 45.8 Å². The molecule has 0 saturated heterocycles. The number of methoxy groups -OCH3 is 2. The van der Waals surface area contributed by atoms with Gasteiger partial charge in [-0.25, -0.2) is 0 Å². The highest BCUT2D eigenvalue weighted by molar-refractivity contribution is 4.62. The second-order valence-electron chi connectivity index (χ2n) is 3.83. The SMILES string of the molecule is COC(C)(CCCC(C)C)OC. The van der Waals surface area contributed by atoms with E-state index in [2.05, 4.69) is 13.8 Å². The van der Waals surface area contributed by atoms with Crippen LogP contribution in [0.15, 0.2) is 0 Å². The molecule has 0 fully saturated rings. The van der Waals surface area contributed by atoms with E-state index in [1.807, 2.05) is 6.92 Å². The molecule has 0 saturated carbocycles. The van der Waals surface area contributed by atoms with Gasteiger partial charge < -0.3 is 9.47 Å². The van der Waals surface area contributed by atoms with Crippen molar-refractivity contribution in [2.24, 2.45) is 5.92 Å². The molecule has 0 aliphatic heterocycles. The predicted molar refractivity (Wildman–Crippen MR) is 51.1 cm³/mol. The molecular weight excluding hydrogens is 152 g/mol. The summed E-state index contributed by atoms with van der Waals surface area (Å²) in [6.07, 6.45) is 3.37. The summed E-state index contributed by atoms with van der Waals surface area (Å²) in [5.74, 6) is 0.387. The largest absolute Gasteiger partial charge is 0.353 e.